The minimum absolute atomic E-state index is 0.625. The summed E-state index contributed by atoms with van der Waals surface area (Å²) in [5.74, 6) is 3.05. The molecule has 20 heavy (non-hydrogen) atoms. The molecule has 2 unspecified atom stereocenters. The predicted molar refractivity (Wildman–Crippen MR) is 80.6 cm³/mol. The van der Waals surface area contributed by atoms with Crippen LogP contribution in [0.5, 0.6) is 0 Å². The summed E-state index contributed by atoms with van der Waals surface area (Å²) in [6.45, 7) is 7.68. The minimum Gasteiger partial charge on any atom is -0.339 e. The van der Waals surface area contributed by atoms with E-state index in [1.165, 1.54) is 25.7 Å². The van der Waals surface area contributed by atoms with Crippen LogP contribution in [0.2, 0.25) is 0 Å². The van der Waals surface area contributed by atoms with E-state index >= 15 is 0 Å². The molecule has 0 spiro atoms. The lowest BCUT2D eigenvalue weighted by Crippen LogP contribution is -2.39. The molecule has 2 rings (SSSR count). The average molecular weight is 279 g/mol. The summed E-state index contributed by atoms with van der Waals surface area (Å²) < 4.78 is 5.44. The van der Waals surface area contributed by atoms with Crippen molar-refractivity contribution in [2.75, 3.05) is 6.54 Å². The van der Waals surface area contributed by atoms with Gasteiger partial charge >= 0.3 is 0 Å². The molecule has 1 aromatic rings. The van der Waals surface area contributed by atoms with E-state index < -0.39 is 0 Å². The van der Waals surface area contributed by atoms with Gasteiger partial charge in [-0.3, -0.25) is 0 Å². The lowest BCUT2D eigenvalue weighted by molar-refractivity contribution is 0.242. The normalized spacial score (nSPS) is 23.4. The van der Waals surface area contributed by atoms with Gasteiger partial charge in [-0.15, -0.1) is 0 Å². The standard InChI is InChI=1S/C16H29N3O/c1-4-17-14-8-6-5-7-13(14)11-16-18-15(19-20-16)10-9-12(2)3/h12-14,17H,4-11H2,1-3H3. The Labute approximate surface area is 122 Å². The van der Waals surface area contributed by atoms with Crippen LogP contribution in [-0.2, 0) is 12.8 Å². The molecule has 1 saturated carbocycles. The maximum absolute atomic E-state index is 5.44. The third kappa shape index (κ3) is 4.58. The molecule has 0 amide bonds. The average Bonchev–Trinajstić information content (AvgIpc) is 2.87. The highest BCUT2D eigenvalue weighted by Crippen LogP contribution is 2.27. The van der Waals surface area contributed by atoms with Crippen LogP contribution in [0, 0.1) is 11.8 Å². The van der Waals surface area contributed by atoms with Crippen LogP contribution in [0.25, 0.3) is 0 Å². The maximum Gasteiger partial charge on any atom is 0.226 e. The Balaban J connectivity index is 1.88. The van der Waals surface area contributed by atoms with Crippen LogP contribution in [0.3, 0.4) is 0 Å². The van der Waals surface area contributed by atoms with Crippen molar-refractivity contribution in [2.45, 2.75) is 71.8 Å². The molecule has 4 heteroatoms. The molecule has 4 nitrogen and oxygen atoms in total. The van der Waals surface area contributed by atoms with Crippen LogP contribution < -0.4 is 5.32 Å². The van der Waals surface area contributed by atoms with Crippen molar-refractivity contribution in [3.05, 3.63) is 11.7 Å². The van der Waals surface area contributed by atoms with Gasteiger partial charge in [0.1, 0.15) is 0 Å². The molecular formula is C16H29N3O. The van der Waals surface area contributed by atoms with E-state index in [4.69, 9.17) is 4.52 Å². The third-order valence-corrected chi connectivity index (χ3v) is 4.27. The number of rotatable bonds is 7. The van der Waals surface area contributed by atoms with Crippen LogP contribution in [0.1, 0.15) is 64.6 Å². The zero-order valence-electron chi connectivity index (χ0n) is 13.2. The van der Waals surface area contributed by atoms with Crippen LogP contribution >= 0.6 is 0 Å². The number of hydrogen-bond donors (Lipinski definition) is 1. The lowest BCUT2D eigenvalue weighted by Gasteiger charge is -2.31. The van der Waals surface area contributed by atoms with Gasteiger partial charge in [-0.05, 0) is 37.6 Å². The zero-order chi connectivity index (χ0) is 14.4. The molecule has 0 aliphatic heterocycles. The van der Waals surface area contributed by atoms with Gasteiger partial charge in [0.05, 0.1) is 0 Å². The largest absolute Gasteiger partial charge is 0.339 e. The Bertz CT molecular complexity index is 387. The van der Waals surface area contributed by atoms with Crippen molar-refractivity contribution in [3.63, 3.8) is 0 Å². The summed E-state index contributed by atoms with van der Waals surface area (Å²) >= 11 is 0. The molecule has 2 atom stereocenters. The first-order valence-electron chi connectivity index (χ1n) is 8.23. The van der Waals surface area contributed by atoms with Gasteiger partial charge in [0.25, 0.3) is 0 Å². The van der Waals surface area contributed by atoms with Gasteiger partial charge in [-0.2, -0.15) is 4.98 Å². The van der Waals surface area contributed by atoms with Gasteiger partial charge < -0.3 is 9.84 Å². The topological polar surface area (TPSA) is 51.0 Å². The predicted octanol–water partition coefficient (Wildman–Crippen LogP) is 3.37. The molecule has 1 aliphatic carbocycles. The number of nitrogens with zero attached hydrogens (tertiary/aromatic N) is 2. The molecule has 0 bridgehead atoms. The second kappa shape index (κ2) is 7.77. The minimum atomic E-state index is 0.625. The van der Waals surface area contributed by atoms with Crippen molar-refractivity contribution in [2.24, 2.45) is 11.8 Å². The lowest BCUT2D eigenvalue weighted by atomic mass is 9.82. The van der Waals surface area contributed by atoms with Crippen molar-refractivity contribution >= 4 is 0 Å². The van der Waals surface area contributed by atoms with E-state index in [9.17, 15) is 0 Å². The molecule has 1 heterocycles. The summed E-state index contributed by atoms with van der Waals surface area (Å²) in [6, 6.07) is 0.625. The highest BCUT2D eigenvalue weighted by molar-refractivity contribution is 4.92. The van der Waals surface area contributed by atoms with Crippen LogP contribution in [0.15, 0.2) is 4.52 Å². The Hall–Kier alpha value is -0.900. The summed E-state index contributed by atoms with van der Waals surface area (Å²) in [5.41, 5.74) is 0. The van der Waals surface area contributed by atoms with Gasteiger partial charge in [0.2, 0.25) is 5.89 Å². The van der Waals surface area contributed by atoms with Crippen molar-refractivity contribution in [1.82, 2.24) is 15.5 Å². The molecule has 1 aliphatic rings. The molecular weight excluding hydrogens is 250 g/mol. The van der Waals surface area contributed by atoms with E-state index in [1.807, 2.05) is 0 Å². The molecule has 0 saturated heterocycles. The van der Waals surface area contributed by atoms with Crippen LogP contribution in [0.4, 0.5) is 0 Å². The second-order valence-electron chi connectivity index (χ2n) is 6.45. The molecule has 1 N–H and O–H groups in total. The van der Waals surface area contributed by atoms with Gasteiger partial charge in [-0.1, -0.05) is 38.8 Å². The third-order valence-electron chi connectivity index (χ3n) is 4.27. The van der Waals surface area contributed by atoms with Crippen molar-refractivity contribution in [3.8, 4) is 0 Å². The van der Waals surface area contributed by atoms with Crippen LogP contribution in [-0.4, -0.2) is 22.7 Å². The van der Waals surface area contributed by atoms with Gasteiger partial charge in [0.15, 0.2) is 5.82 Å². The molecule has 114 valence electrons. The molecule has 1 aromatic heterocycles. The van der Waals surface area contributed by atoms with Gasteiger partial charge in [-0.25, -0.2) is 0 Å². The smallest absolute Gasteiger partial charge is 0.226 e. The Morgan fingerprint density at radius 3 is 2.85 bits per heavy atom. The SMILES string of the molecule is CCNC1CCCCC1Cc1nc(CCC(C)C)no1. The van der Waals surface area contributed by atoms with E-state index in [0.717, 1.165) is 37.5 Å². The Morgan fingerprint density at radius 1 is 1.30 bits per heavy atom. The van der Waals surface area contributed by atoms with Crippen molar-refractivity contribution in [1.29, 1.82) is 0 Å². The first kappa shape index (κ1) is 15.5. The highest BCUT2D eigenvalue weighted by Gasteiger charge is 2.26. The first-order chi connectivity index (χ1) is 9.69. The van der Waals surface area contributed by atoms with E-state index in [0.29, 0.717) is 17.9 Å². The van der Waals surface area contributed by atoms with E-state index in [-0.39, 0.29) is 0 Å². The fourth-order valence-corrected chi connectivity index (χ4v) is 3.10. The maximum atomic E-state index is 5.44. The molecule has 0 radical (unpaired) electrons. The first-order valence-corrected chi connectivity index (χ1v) is 8.23. The number of hydrogen-bond acceptors (Lipinski definition) is 4. The van der Waals surface area contributed by atoms with Gasteiger partial charge in [0, 0.05) is 18.9 Å². The zero-order valence-corrected chi connectivity index (χ0v) is 13.2. The van der Waals surface area contributed by atoms with E-state index in [1.54, 1.807) is 0 Å². The fraction of sp³-hybridized carbons (Fsp3) is 0.875. The Morgan fingerprint density at radius 2 is 2.10 bits per heavy atom. The highest BCUT2D eigenvalue weighted by atomic mass is 16.5. The second-order valence-corrected chi connectivity index (χ2v) is 6.45. The monoisotopic (exact) mass is 279 g/mol. The molecule has 0 aromatic carbocycles. The van der Waals surface area contributed by atoms with E-state index in [2.05, 4.69) is 36.2 Å². The summed E-state index contributed by atoms with van der Waals surface area (Å²) in [7, 11) is 0. The molecule has 1 fully saturated rings. The van der Waals surface area contributed by atoms with Crippen molar-refractivity contribution < 1.29 is 4.52 Å². The quantitative estimate of drug-likeness (QED) is 0.831. The number of nitrogens with one attached hydrogen (secondary N) is 1. The summed E-state index contributed by atoms with van der Waals surface area (Å²) in [5, 5.41) is 7.73. The Kier molecular flexibility index (Phi) is 6.02. The number of aryl methyl sites for hydroxylation is 1. The fourth-order valence-electron chi connectivity index (χ4n) is 3.10. The summed E-state index contributed by atoms with van der Waals surface area (Å²) in [6.07, 6.45) is 8.24. The summed E-state index contributed by atoms with van der Waals surface area (Å²) in [4.78, 5) is 4.57. The number of aromatic nitrogens is 2.